The molecule has 1 aliphatic rings. The van der Waals surface area contributed by atoms with Crippen molar-refractivity contribution in [2.45, 2.75) is 32.5 Å². The Balaban J connectivity index is 1.39. The van der Waals surface area contributed by atoms with E-state index in [0.717, 1.165) is 55.0 Å². The standard InChI is InChI=1S/C16H19ClN8/c17-13-5-2-1-4-12(13)8-15-21-22-23-25(15)7-3-6-24-11-20-16-14(24)9-18-10-19-16/h1-2,4-5,11,18-19H,3,6-10H2. The van der Waals surface area contributed by atoms with E-state index >= 15 is 0 Å². The molecule has 25 heavy (non-hydrogen) atoms. The van der Waals surface area contributed by atoms with Crippen molar-refractivity contribution in [1.29, 1.82) is 0 Å². The van der Waals surface area contributed by atoms with Gasteiger partial charge >= 0.3 is 0 Å². The van der Waals surface area contributed by atoms with Gasteiger partial charge in [0.25, 0.3) is 0 Å². The van der Waals surface area contributed by atoms with Crippen LogP contribution in [0.3, 0.4) is 0 Å². The van der Waals surface area contributed by atoms with Crippen LogP contribution >= 0.6 is 11.6 Å². The molecule has 2 N–H and O–H groups in total. The van der Waals surface area contributed by atoms with Crippen LogP contribution in [0.2, 0.25) is 5.02 Å². The lowest BCUT2D eigenvalue weighted by molar-refractivity contribution is 0.492. The second-order valence-corrected chi connectivity index (χ2v) is 6.36. The minimum atomic E-state index is 0.626. The van der Waals surface area contributed by atoms with Gasteiger partial charge in [0.1, 0.15) is 5.82 Å². The lowest BCUT2D eigenvalue weighted by Crippen LogP contribution is -2.28. The van der Waals surface area contributed by atoms with Gasteiger partial charge < -0.3 is 9.88 Å². The van der Waals surface area contributed by atoms with E-state index in [4.69, 9.17) is 11.6 Å². The van der Waals surface area contributed by atoms with Gasteiger partial charge in [0.15, 0.2) is 5.82 Å². The van der Waals surface area contributed by atoms with Gasteiger partial charge in [0, 0.05) is 31.1 Å². The number of rotatable bonds is 6. The van der Waals surface area contributed by atoms with Crippen LogP contribution in [0, 0.1) is 0 Å². The molecule has 0 unspecified atom stereocenters. The lowest BCUT2D eigenvalue weighted by Gasteiger charge is -2.16. The Bertz CT molecular complexity index is 855. The molecule has 0 amide bonds. The molecule has 1 aromatic carbocycles. The van der Waals surface area contributed by atoms with E-state index in [1.165, 1.54) is 5.69 Å². The highest BCUT2D eigenvalue weighted by atomic mass is 35.5. The number of nitrogens with zero attached hydrogens (tertiary/aromatic N) is 6. The normalized spacial score (nSPS) is 13.5. The quantitative estimate of drug-likeness (QED) is 0.697. The molecule has 2 aromatic heterocycles. The Morgan fingerprint density at radius 2 is 2.12 bits per heavy atom. The van der Waals surface area contributed by atoms with Crippen molar-refractivity contribution in [3.8, 4) is 0 Å². The number of tetrazole rings is 1. The summed E-state index contributed by atoms with van der Waals surface area (Å²) in [6.07, 6.45) is 3.43. The molecule has 1 aliphatic heterocycles. The zero-order valence-corrected chi connectivity index (χ0v) is 14.4. The molecule has 0 spiro atoms. The van der Waals surface area contributed by atoms with E-state index in [1.807, 2.05) is 35.3 Å². The first-order chi connectivity index (χ1) is 12.3. The second kappa shape index (κ2) is 7.20. The highest BCUT2D eigenvalue weighted by Gasteiger charge is 2.14. The molecular formula is C16H19ClN8. The lowest BCUT2D eigenvalue weighted by atomic mass is 10.1. The van der Waals surface area contributed by atoms with Crippen LogP contribution in [0.25, 0.3) is 0 Å². The molecule has 0 fully saturated rings. The summed E-state index contributed by atoms with van der Waals surface area (Å²) < 4.78 is 4.02. The number of hydrogen-bond acceptors (Lipinski definition) is 6. The van der Waals surface area contributed by atoms with E-state index in [1.54, 1.807) is 0 Å². The van der Waals surface area contributed by atoms with Gasteiger partial charge in [-0.3, -0.25) is 5.32 Å². The third-order valence-electron chi connectivity index (χ3n) is 4.30. The van der Waals surface area contributed by atoms with Gasteiger partial charge in [-0.2, -0.15) is 0 Å². The van der Waals surface area contributed by atoms with E-state index < -0.39 is 0 Å². The van der Waals surface area contributed by atoms with Gasteiger partial charge in [-0.05, 0) is 28.5 Å². The molecule has 0 saturated carbocycles. The minimum absolute atomic E-state index is 0.626. The topological polar surface area (TPSA) is 85.5 Å². The summed E-state index contributed by atoms with van der Waals surface area (Å²) in [6.45, 7) is 3.22. The zero-order valence-electron chi connectivity index (χ0n) is 13.7. The number of anilines is 1. The first kappa shape index (κ1) is 16.0. The largest absolute Gasteiger partial charge is 0.356 e. The summed E-state index contributed by atoms with van der Waals surface area (Å²) in [5.41, 5.74) is 2.22. The van der Waals surface area contributed by atoms with Crippen molar-refractivity contribution in [1.82, 2.24) is 35.1 Å². The fourth-order valence-electron chi connectivity index (χ4n) is 2.99. The Labute approximate surface area is 150 Å². The second-order valence-electron chi connectivity index (χ2n) is 5.95. The maximum atomic E-state index is 6.23. The van der Waals surface area contributed by atoms with Gasteiger partial charge in [-0.25, -0.2) is 9.67 Å². The van der Waals surface area contributed by atoms with Gasteiger partial charge in [-0.15, -0.1) is 5.10 Å². The number of hydrogen-bond donors (Lipinski definition) is 2. The highest BCUT2D eigenvalue weighted by molar-refractivity contribution is 6.31. The van der Waals surface area contributed by atoms with Crippen molar-refractivity contribution in [3.05, 3.63) is 52.7 Å². The number of nitrogens with one attached hydrogen (secondary N) is 2. The average Bonchev–Trinajstić information content (AvgIpc) is 3.24. The fraction of sp³-hybridized carbons (Fsp3) is 0.375. The monoisotopic (exact) mass is 358 g/mol. The number of aromatic nitrogens is 6. The maximum Gasteiger partial charge on any atom is 0.155 e. The fourth-order valence-corrected chi connectivity index (χ4v) is 3.19. The van der Waals surface area contributed by atoms with E-state index in [9.17, 15) is 0 Å². The van der Waals surface area contributed by atoms with Crippen molar-refractivity contribution in [2.75, 3.05) is 12.0 Å². The average molecular weight is 359 g/mol. The molecule has 0 radical (unpaired) electrons. The Hall–Kier alpha value is -2.45. The summed E-state index contributed by atoms with van der Waals surface area (Å²) in [4.78, 5) is 4.41. The smallest absolute Gasteiger partial charge is 0.155 e. The Morgan fingerprint density at radius 1 is 1.20 bits per heavy atom. The van der Waals surface area contributed by atoms with Crippen molar-refractivity contribution in [2.24, 2.45) is 0 Å². The summed E-state index contributed by atoms with van der Waals surface area (Å²) in [6, 6.07) is 7.78. The van der Waals surface area contributed by atoms with Crippen molar-refractivity contribution >= 4 is 17.4 Å². The Morgan fingerprint density at radius 3 is 3.04 bits per heavy atom. The highest BCUT2D eigenvalue weighted by Crippen LogP contribution is 2.18. The van der Waals surface area contributed by atoms with Crippen LogP contribution in [0.15, 0.2) is 30.6 Å². The van der Waals surface area contributed by atoms with Crippen LogP contribution in [0.5, 0.6) is 0 Å². The van der Waals surface area contributed by atoms with Crippen LogP contribution in [-0.4, -0.2) is 36.4 Å². The number of halogens is 1. The first-order valence-electron chi connectivity index (χ1n) is 8.28. The molecule has 0 saturated heterocycles. The zero-order chi connectivity index (χ0) is 17.1. The number of benzene rings is 1. The molecule has 4 rings (SSSR count). The Kier molecular flexibility index (Phi) is 4.62. The molecule has 3 aromatic rings. The molecule has 0 aliphatic carbocycles. The molecule has 9 heteroatoms. The van der Waals surface area contributed by atoms with Crippen LogP contribution in [-0.2, 0) is 26.1 Å². The molecule has 0 atom stereocenters. The summed E-state index contributed by atoms with van der Waals surface area (Å²) in [7, 11) is 0. The van der Waals surface area contributed by atoms with Crippen molar-refractivity contribution in [3.63, 3.8) is 0 Å². The number of aryl methyl sites for hydroxylation is 2. The van der Waals surface area contributed by atoms with Crippen LogP contribution in [0.1, 0.15) is 23.5 Å². The summed E-state index contributed by atoms with van der Waals surface area (Å²) in [5.74, 6) is 1.80. The van der Waals surface area contributed by atoms with E-state index in [-0.39, 0.29) is 0 Å². The van der Waals surface area contributed by atoms with Gasteiger partial charge in [0.05, 0.1) is 18.7 Å². The molecule has 130 valence electrons. The van der Waals surface area contributed by atoms with Crippen molar-refractivity contribution < 1.29 is 0 Å². The third kappa shape index (κ3) is 3.49. The SMILES string of the molecule is Clc1ccccc1Cc1nnnn1CCCn1cnc2c1CNCN2. The number of imidazole rings is 1. The van der Waals surface area contributed by atoms with Crippen LogP contribution in [0.4, 0.5) is 5.82 Å². The molecular weight excluding hydrogens is 340 g/mol. The maximum absolute atomic E-state index is 6.23. The summed E-state index contributed by atoms with van der Waals surface area (Å²) >= 11 is 6.23. The summed E-state index contributed by atoms with van der Waals surface area (Å²) in [5, 5.41) is 19.3. The van der Waals surface area contributed by atoms with E-state index in [0.29, 0.717) is 6.42 Å². The molecule has 8 nitrogen and oxygen atoms in total. The van der Waals surface area contributed by atoms with Crippen LogP contribution < -0.4 is 10.6 Å². The predicted molar refractivity (Wildman–Crippen MR) is 94.2 cm³/mol. The first-order valence-corrected chi connectivity index (χ1v) is 8.66. The third-order valence-corrected chi connectivity index (χ3v) is 4.67. The predicted octanol–water partition coefficient (Wildman–Crippen LogP) is 1.68. The minimum Gasteiger partial charge on any atom is -0.356 e. The van der Waals surface area contributed by atoms with E-state index in [2.05, 4.69) is 35.7 Å². The van der Waals surface area contributed by atoms with Gasteiger partial charge in [-0.1, -0.05) is 29.8 Å². The van der Waals surface area contributed by atoms with Gasteiger partial charge in [0.2, 0.25) is 0 Å². The molecule has 3 heterocycles. The number of fused-ring (bicyclic) bond motifs is 1. The molecule has 0 bridgehead atoms.